The molecule has 0 aliphatic carbocycles. The Morgan fingerprint density at radius 2 is 1.23 bits per heavy atom. The van der Waals surface area contributed by atoms with Crippen LogP contribution in [0.3, 0.4) is 0 Å². The highest BCUT2D eigenvalue weighted by Crippen LogP contribution is 2.37. The van der Waals surface area contributed by atoms with E-state index in [1.807, 2.05) is 45.0 Å². The molecule has 1 N–H and O–H groups in total. The zero-order chi connectivity index (χ0) is 27.3. The minimum Gasteiger partial charge on any atom is -0.444 e. The van der Waals surface area contributed by atoms with E-state index in [4.69, 9.17) is 13.6 Å². The summed E-state index contributed by atoms with van der Waals surface area (Å²) in [6.45, 7) is 30.9. The smallest absolute Gasteiger partial charge is 0.412 e. The van der Waals surface area contributed by atoms with Crippen molar-refractivity contribution in [2.24, 2.45) is 0 Å². The zero-order valence-electron chi connectivity index (χ0n) is 24.7. The number of rotatable bonds is 10. The quantitative estimate of drug-likeness (QED) is 0.315. The molecule has 0 saturated carbocycles. The van der Waals surface area contributed by atoms with Gasteiger partial charge in [-0.15, -0.1) is 0 Å². The second-order valence-corrected chi connectivity index (χ2v) is 23.0. The van der Waals surface area contributed by atoms with Crippen LogP contribution in [0, 0.1) is 0 Å². The zero-order valence-corrected chi connectivity index (χ0v) is 26.7. The second-order valence-electron chi connectivity index (χ2n) is 13.3. The van der Waals surface area contributed by atoms with Crippen molar-refractivity contribution >= 4 is 34.1 Å². The van der Waals surface area contributed by atoms with Crippen molar-refractivity contribution in [1.29, 1.82) is 0 Å². The highest BCUT2D eigenvalue weighted by molar-refractivity contribution is 6.74. The molecule has 1 aromatic carbocycles. The molecule has 0 unspecified atom stereocenters. The lowest BCUT2D eigenvalue weighted by Gasteiger charge is -2.38. The molecular formula is C27H52N2O4Si2. The van der Waals surface area contributed by atoms with Crippen LogP contribution in [-0.4, -0.2) is 54.6 Å². The van der Waals surface area contributed by atoms with Crippen molar-refractivity contribution in [2.45, 2.75) is 104 Å². The van der Waals surface area contributed by atoms with E-state index in [-0.39, 0.29) is 10.1 Å². The Hall–Kier alpha value is -1.36. The Morgan fingerprint density at radius 3 is 1.63 bits per heavy atom. The molecule has 0 heterocycles. The highest BCUT2D eigenvalue weighted by atomic mass is 28.4. The molecule has 202 valence electrons. The van der Waals surface area contributed by atoms with Crippen molar-refractivity contribution in [3.8, 4) is 0 Å². The number of nitrogens with one attached hydrogen (secondary N) is 1. The van der Waals surface area contributed by atoms with Gasteiger partial charge in [0.1, 0.15) is 5.60 Å². The third kappa shape index (κ3) is 10.3. The minimum absolute atomic E-state index is 0.152. The molecule has 0 saturated heterocycles. The van der Waals surface area contributed by atoms with Gasteiger partial charge < -0.3 is 18.5 Å². The number of hydrogen-bond donors (Lipinski definition) is 1. The standard InChI is InChI=1S/C27H52N2O4Si2/c1-25(2,3)33-24(30)28-22-16-14-15-17-23(22)29(18-20-31-34(10,11)26(4,5)6)19-21-32-35(12,13)27(7,8)9/h14-17H,18-21H2,1-13H3,(H,28,30). The lowest BCUT2D eigenvalue weighted by atomic mass is 10.2. The van der Waals surface area contributed by atoms with Gasteiger partial charge in [0.2, 0.25) is 0 Å². The first kappa shape index (κ1) is 31.7. The van der Waals surface area contributed by atoms with E-state index in [9.17, 15) is 4.79 Å². The molecular weight excluding hydrogens is 472 g/mol. The van der Waals surface area contributed by atoms with Crippen LogP contribution >= 0.6 is 0 Å². The summed E-state index contributed by atoms with van der Waals surface area (Å²) in [7, 11) is -3.73. The molecule has 8 heteroatoms. The van der Waals surface area contributed by atoms with Gasteiger partial charge in [-0.05, 0) is 69.2 Å². The number of anilines is 2. The third-order valence-electron chi connectivity index (χ3n) is 7.14. The highest BCUT2D eigenvalue weighted by Gasteiger charge is 2.38. The number of amides is 1. The largest absolute Gasteiger partial charge is 0.444 e. The number of carbonyl (C=O) groups excluding carboxylic acids is 1. The SMILES string of the molecule is CC(C)(C)OC(=O)Nc1ccccc1N(CCO[Si](C)(C)C(C)(C)C)CCO[Si](C)(C)C(C)(C)C. The van der Waals surface area contributed by atoms with Crippen LogP contribution in [0.2, 0.25) is 36.3 Å². The van der Waals surface area contributed by atoms with Crippen molar-refractivity contribution in [3.63, 3.8) is 0 Å². The van der Waals surface area contributed by atoms with Crippen LogP contribution in [0.15, 0.2) is 24.3 Å². The van der Waals surface area contributed by atoms with Crippen LogP contribution in [0.25, 0.3) is 0 Å². The van der Waals surface area contributed by atoms with E-state index >= 15 is 0 Å². The van der Waals surface area contributed by atoms with Gasteiger partial charge in [0, 0.05) is 13.1 Å². The number of hydrogen-bond acceptors (Lipinski definition) is 5. The Morgan fingerprint density at radius 1 is 0.800 bits per heavy atom. The molecule has 0 spiro atoms. The molecule has 35 heavy (non-hydrogen) atoms. The van der Waals surface area contributed by atoms with Crippen molar-refractivity contribution < 1.29 is 18.4 Å². The maximum absolute atomic E-state index is 12.5. The number of benzene rings is 1. The Labute approximate surface area is 217 Å². The number of carbonyl (C=O) groups is 1. The van der Waals surface area contributed by atoms with Gasteiger partial charge >= 0.3 is 6.09 Å². The Kier molecular flexibility index (Phi) is 10.7. The van der Waals surface area contributed by atoms with Gasteiger partial charge in [-0.1, -0.05) is 53.7 Å². The van der Waals surface area contributed by atoms with E-state index in [0.29, 0.717) is 26.3 Å². The topological polar surface area (TPSA) is 60.0 Å². The normalized spacial score (nSPS) is 13.5. The summed E-state index contributed by atoms with van der Waals surface area (Å²) in [4.78, 5) is 14.8. The predicted octanol–water partition coefficient (Wildman–Crippen LogP) is 7.88. The number of ether oxygens (including phenoxy) is 1. The van der Waals surface area contributed by atoms with E-state index in [1.165, 1.54) is 0 Å². The first-order valence-electron chi connectivity index (χ1n) is 12.8. The maximum Gasteiger partial charge on any atom is 0.412 e. The molecule has 0 atom stereocenters. The molecule has 1 rings (SSSR count). The fourth-order valence-corrected chi connectivity index (χ4v) is 4.95. The summed E-state index contributed by atoms with van der Waals surface area (Å²) in [5.41, 5.74) is 1.10. The van der Waals surface area contributed by atoms with Gasteiger partial charge in [-0.3, -0.25) is 5.32 Å². The van der Waals surface area contributed by atoms with E-state index in [0.717, 1.165) is 11.4 Å². The molecule has 0 fully saturated rings. The van der Waals surface area contributed by atoms with Crippen molar-refractivity contribution in [1.82, 2.24) is 0 Å². The second kappa shape index (κ2) is 11.8. The summed E-state index contributed by atoms with van der Waals surface area (Å²) in [5, 5.41) is 3.25. The molecule has 0 aromatic heterocycles. The van der Waals surface area contributed by atoms with Crippen LogP contribution in [0.4, 0.5) is 16.2 Å². The predicted molar refractivity (Wildman–Crippen MR) is 155 cm³/mol. The average Bonchev–Trinajstić information content (AvgIpc) is 2.63. The summed E-state index contributed by atoms with van der Waals surface area (Å²) in [6.07, 6.45) is -0.458. The number of para-hydroxylation sites is 2. The van der Waals surface area contributed by atoms with Crippen LogP contribution in [0.1, 0.15) is 62.3 Å². The fourth-order valence-electron chi connectivity index (χ4n) is 2.88. The Bertz CT molecular complexity index is 790. The first-order chi connectivity index (χ1) is 15.7. The maximum atomic E-state index is 12.5. The van der Waals surface area contributed by atoms with Crippen molar-refractivity contribution in [2.75, 3.05) is 36.5 Å². The monoisotopic (exact) mass is 524 g/mol. The first-order valence-corrected chi connectivity index (χ1v) is 18.6. The average molecular weight is 525 g/mol. The fraction of sp³-hybridized carbons (Fsp3) is 0.741. The van der Waals surface area contributed by atoms with Gasteiger partial charge in [0.15, 0.2) is 16.6 Å². The van der Waals surface area contributed by atoms with Crippen molar-refractivity contribution in [3.05, 3.63) is 24.3 Å². The van der Waals surface area contributed by atoms with Crippen LogP contribution in [-0.2, 0) is 13.6 Å². The van der Waals surface area contributed by atoms with E-state index < -0.39 is 28.3 Å². The Balaban J connectivity index is 3.10. The molecule has 1 aromatic rings. The molecule has 0 aliphatic heterocycles. The molecule has 1 amide bonds. The van der Waals surface area contributed by atoms with Crippen LogP contribution < -0.4 is 10.2 Å². The van der Waals surface area contributed by atoms with Gasteiger partial charge in [-0.25, -0.2) is 4.79 Å². The minimum atomic E-state index is -1.87. The van der Waals surface area contributed by atoms with Gasteiger partial charge in [-0.2, -0.15) is 0 Å². The molecule has 0 radical (unpaired) electrons. The molecule has 0 bridgehead atoms. The van der Waals surface area contributed by atoms with E-state index in [1.54, 1.807) is 0 Å². The summed E-state index contributed by atoms with van der Waals surface area (Å²) < 4.78 is 18.5. The number of nitrogens with zero attached hydrogens (tertiary/aromatic N) is 1. The lowest BCUT2D eigenvalue weighted by molar-refractivity contribution is 0.0636. The summed E-state index contributed by atoms with van der Waals surface area (Å²) in [5.74, 6) is 0. The summed E-state index contributed by atoms with van der Waals surface area (Å²) in [6, 6.07) is 7.86. The summed E-state index contributed by atoms with van der Waals surface area (Å²) >= 11 is 0. The molecule has 0 aliphatic rings. The van der Waals surface area contributed by atoms with Crippen LogP contribution in [0.5, 0.6) is 0 Å². The molecule has 6 nitrogen and oxygen atoms in total. The van der Waals surface area contributed by atoms with Gasteiger partial charge in [0.25, 0.3) is 0 Å². The third-order valence-corrected chi connectivity index (χ3v) is 16.2. The van der Waals surface area contributed by atoms with Gasteiger partial charge in [0.05, 0.1) is 24.6 Å². The lowest BCUT2D eigenvalue weighted by Crippen LogP contribution is -2.45. The van der Waals surface area contributed by atoms with E-state index in [2.05, 4.69) is 77.9 Å².